The van der Waals surface area contributed by atoms with Gasteiger partial charge in [-0.3, -0.25) is 23.6 Å². The molecule has 70 heavy (non-hydrogen) atoms. The largest absolute Gasteiger partial charge is 0.473 e. The number of piperazine rings is 2. The van der Waals surface area contributed by atoms with Crippen LogP contribution >= 0.6 is 0 Å². The number of hydrogen-bond acceptors (Lipinski definition) is 13. The molecule has 0 unspecified atom stereocenters. The van der Waals surface area contributed by atoms with Crippen molar-refractivity contribution < 1.29 is 41.4 Å². The van der Waals surface area contributed by atoms with E-state index in [1.807, 2.05) is 50.2 Å². The van der Waals surface area contributed by atoms with Crippen molar-refractivity contribution in [2.75, 3.05) is 88.5 Å². The second-order valence-corrected chi connectivity index (χ2v) is 18.4. The molecule has 4 atom stereocenters. The Hall–Kier alpha value is -6.58. The first-order valence-corrected chi connectivity index (χ1v) is 23.9. The fourth-order valence-electron chi connectivity index (χ4n) is 9.66. The van der Waals surface area contributed by atoms with Crippen LogP contribution in [0, 0.1) is 11.8 Å². The number of rotatable bonds is 13. The van der Waals surface area contributed by atoms with Crippen molar-refractivity contribution in [1.29, 1.82) is 0 Å². The van der Waals surface area contributed by atoms with Crippen molar-refractivity contribution in [3.8, 4) is 34.3 Å². The molecule has 3 N–H and O–H groups in total. The Morgan fingerprint density at radius 1 is 0.629 bits per heavy atom. The van der Waals surface area contributed by atoms with Crippen LogP contribution in [0.1, 0.15) is 39.8 Å². The lowest BCUT2D eigenvalue weighted by Crippen LogP contribution is -2.56. The van der Waals surface area contributed by atoms with Crippen LogP contribution in [0.2, 0.25) is 0 Å². The number of amides is 2. The second-order valence-electron chi connectivity index (χ2n) is 18.4. The summed E-state index contributed by atoms with van der Waals surface area (Å²) in [5.74, 6) is -0.00427. The van der Waals surface area contributed by atoms with Gasteiger partial charge in [0.15, 0.2) is 0 Å². The first kappa shape index (κ1) is 47.1. The molecule has 9 heterocycles. The second kappa shape index (κ2) is 20.4. The summed E-state index contributed by atoms with van der Waals surface area (Å²) in [6.45, 7) is 8.51. The maximum absolute atomic E-state index is 13.7. The molecule has 5 saturated heterocycles. The predicted molar refractivity (Wildman–Crippen MR) is 254 cm³/mol. The van der Waals surface area contributed by atoms with E-state index in [2.05, 4.69) is 62.7 Å². The summed E-state index contributed by atoms with van der Waals surface area (Å²) in [5, 5.41) is 8.92. The van der Waals surface area contributed by atoms with E-state index in [-0.39, 0.29) is 52.5 Å². The number of nitrogens with one attached hydrogen (secondary N) is 3. The summed E-state index contributed by atoms with van der Waals surface area (Å²) >= 11 is 0. The van der Waals surface area contributed by atoms with E-state index in [1.165, 1.54) is 0 Å². The number of fused-ring (bicyclic) bond motifs is 2. The third-order valence-electron chi connectivity index (χ3n) is 14.0. The normalized spacial score (nSPS) is 20.9. The van der Waals surface area contributed by atoms with Gasteiger partial charge in [-0.05, 0) is 50.2 Å². The topological polar surface area (TPSA) is 169 Å². The number of carbonyl (C=O) groups excluding carboxylic acids is 2. The van der Waals surface area contributed by atoms with E-state index in [0.29, 0.717) is 54.4 Å². The van der Waals surface area contributed by atoms with Gasteiger partial charge in [0.2, 0.25) is 23.6 Å². The molecule has 17 nitrogen and oxygen atoms in total. The Bertz CT molecular complexity index is 2790. The van der Waals surface area contributed by atoms with Gasteiger partial charge in [0.1, 0.15) is 35.9 Å². The van der Waals surface area contributed by atoms with Crippen LogP contribution in [0.25, 0.3) is 44.6 Å². The molecule has 21 heteroatoms. The van der Waals surface area contributed by atoms with Gasteiger partial charge in [0.25, 0.3) is 0 Å². The number of aromatic nitrogens is 6. The van der Waals surface area contributed by atoms with Crippen molar-refractivity contribution in [3.05, 3.63) is 73.3 Å². The zero-order valence-electron chi connectivity index (χ0n) is 38.9. The lowest BCUT2D eigenvalue weighted by molar-refractivity contribution is -0.120. The molecule has 2 amide bonds. The highest BCUT2D eigenvalue weighted by Crippen LogP contribution is 2.36. The number of ether oxygens (including phenoxy) is 3. The standard InChI is InChI=1S/C26H30F2N6O3.C23H26F2N6O2/c1-16(18-10-23(35)29-12-18)37-25-24-22(30-15-34(24)26(27)28)11-21(31-25)17-2-4-19(5-3-17)32-6-8-33(9-7-32)20-13-36-14-20;1-14(16-10-20(32)27-12-16)33-22-21-19(28-13-31(21)23(24)25)11-18(29-22)15-2-4-17(5-3-15)30-8-6-26-7-9-30/h2-5,11,15-16,18,20,26H,6-10,12-14H2,1H3,(H,29,35);2-5,11,13-14,16,23,26H,6-10,12H2,1H3,(H,27,32)/t16-,18-;14-,16-/m11/s1. The van der Waals surface area contributed by atoms with Gasteiger partial charge in [-0.15, -0.1) is 0 Å². The van der Waals surface area contributed by atoms with Crippen LogP contribution in [0.4, 0.5) is 28.9 Å². The molecule has 0 aliphatic carbocycles. The van der Waals surface area contributed by atoms with Crippen molar-refractivity contribution in [1.82, 2.24) is 49.9 Å². The van der Waals surface area contributed by atoms with Crippen molar-refractivity contribution >= 4 is 45.3 Å². The molecule has 4 aromatic heterocycles. The number of hydrogen-bond donors (Lipinski definition) is 3. The molecule has 11 rings (SSSR count). The van der Waals surface area contributed by atoms with E-state index in [4.69, 9.17) is 14.2 Å². The van der Waals surface area contributed by atoms with E-state index >= 15 is 0 Å². The maximum atomic E-state index is 13.7. The van der Waals surface area contributed by atoms with Gasteiger partial charge in [0, 0.05) is 113 Å². The third-order valence-corrected chi connectivity index (χ3v) is 14.0. The SMILES string of the molecule is C[C@@H](Oc1nc(-c2ccc(N3CCN(C4COC4)CC3)cc2)cc2ncn(C(F)F)c12)[C@H]1CNC(=O)C1.C[C@@H](Oc1nc(-c2ccc(N3CCNCC3)cc2)cc2ncn(C(F)F)c12)[C@H]1CNC(=O)C1. The first-order chi connectivity index (χ1) is 33.9. The summed E-state index contributed by atoms with van der Waals surface area (Å²) in [4.78, 5) is 48.1. The number of imidazole rings is 2. The minimum Gasteiger partial charge on any atom is -0.473 e. The molecule has 6 aromatic rings. The zero-order valence-corrected chi connectivity index (χ0v) is 38.9. The Morgan fingerprint density at radius 3 is 1.46 bits per heavy atom. The van der Waals surface area contributed by atoms with E-state index < -0.39 is 19.2 Å². The van der Waals surface area contributed by atoms with E-state index in [9.17, 15) is 27.2 Å². The van der Waals surface area contributed by atoms with Gasteiger partial charge in [-0.2, -0.15) is 17.6 Å². The van der Waals surface area contributed by atoms with Crippen LogP contribution in [0.15, 0.2) is 73.3 Å². The quantitative estimate of drug-likeness (QED) is 0.120. The lowest BCUT2D eigenvalue weighted by atomic mass is 10.0. The van der Waals surface area contributed by atoms with Gasteiger partial charge in [-0.25, -0.2) is 19.9 Å². The number of carbonyl (C=O) groups is 2. The number of benzene rings is 2. The Labute approximate surface area is 401 Å². The molecular formula is C49H56F4N12O5. The average Bonchev–Trinajstić information content (AvgIpc) is 4.19. The fourth-order valence-corrected chi connectivity index (χ4v) is 9.66. The number of pyridine rings is 2. The van der Waals surface area contributed by atoms with Gasteiger partial charge < -0.3 is 40.0 Å². The molecule has 0 spiro atoms. The van der Waals surface area contributed by atoms with Crippen molar-refractivity contribution in [2.24, 2.45) is 11.8 Å². The molecule has 5 aliphatic rings. The molecular weight excluding hydrogens is 913 g/mol. The van der Waals surface area contributed by atoms with Crippen LogP contribution in [-0.4, -0.2) is 143 Å². The lowest BCUT2D eigenvalue weighted by Gasteiger charge is -2.43. The third kappa shape index (κ3) is 10.0. The number of anilines is 2. The Morgan fingerprint density at radius 2 is 1.07 bits per heavy atom. The van der Waals surface area contributed by atoms with Crippen LogP contribution < -0.4 is 35.2 Å². The highest BCUT2D eigenvalue weighted by molar-refractivity contribution is 5.86. The average molecular weight is 969 g/mol. The highest BCUT2D eigenvalue weighted by Gasteiger charge is 2.32. The van der Waals surface area contributed by atoms with E-state index in [1.54, 1.807) is 12.1 Å². The molecule has 5 aliphatic heterocycles. The molecule has 370 valence electrons. The monoisotopic (exact) mass is 968 g/mol. The summed E-state index contributed by atoms with van der Waals surface area (Å²) in [7, 11) is 0. The Kier molecular flexibility index (Phi) is 13.7. The fraction of sp³-hybridized carbons (Fsp3) is 0.469. The number of alkyl halides is 4. The van der Waals surface area contributed by atoms with Crippen LogP contribution in [0.5, 0.6) is 11.8 Å². The molecule has 0 radical (unpaired) electrons. The van der Waals surface area contributed by atoms with Gasteiger partial charge >= 0.3 is 13.1 Å². The van der Waals surface area contributed by atoms with E-state index in [0.717, 1.165) is 110 Å². The van der Waals surface area contributed by atoms with Gasteiger partial charge in [0.05, 0.1) is 41.7 Å². The Balaban J connectivity index is 0.000000163. The maximum Gasteiger partial charge on any atom is 0.320 e. The molecule has 2 aromatic carbocycles. The highest BCUT2D eigenvalue weighted by atomic mass is 19.3. The minimum absolute atomic E-state index is 0.0375. The molecule has 0 saturated carbocycles. The van der Waals surface area contributed by atoms with Crippen LogP contribution in [0.3, 0.4) is 0 Å². The number of halogens is 4. The molecule has 5 fully saturated rings. The predicted octanol–water partition coefficient (Wildman–Crippen LogP) is 5.72. The minimum atomic E-state index is -2.78. The summed E-state index contributed by atoms with van der Waals surface area (Å²) in [6, 6.07) is 20.1. The first-order valence-electron chi connectivity index (χ1n) is 23.9. The van der Waals surface area contributed by atoms with Gasteiger partial charge in [-0.1, -0.05) is 24.3 Å². The number of nitrogens with zero attached hydrogens (tertiary/aromatic N) is 9. The van der Waals surface area contributed by atoms with Crippen molar-refractivity contribution in [3.63, 3.8) is 0 Å². The smallest absolute Gasteiger partial charge is 0.320 e. The zero-order chi connectivity index (χ0) is 48.5. The van der Waals surface area contributed by atoms with Crippen molar-refractivity contribution in [2.45, 2.75) is 58.0 Å². The van der Waals surface area contributed by atoms with Crippen LogP contribution in [-0.2, 0) is 14.3 Å². The summed E-state index contributed by atoms with van der Waals surface area (Å²) in [6.07, 6.45) is 2.11. The molecule has 0 bridgehead atoms. The summed E-state index contributed by atoms with van der Waals surface area (Å²) < 4.78 is 73.7. The summed E-state index contributed by atoms with van der Waals surface area (Å²) in [5.41, 5.74) is 6.21.